The molecule has 0 unspecified atom stereocenters. The molecule has 1 aromatic rings. The van der Waals surface area contributed by atoms with Gasteiger partial charge in [0.15, 0.2) is 0 Å². The Morgan fingerprint density at radius 2 is 2.29 bits per heavy atom. The topological polar surface area (TPSA) is 48.8 Å². The summed E-state index contributed by atoms with van der Waals surface area (Å²) in [4.78, 5) is 4.02. The molecule has 0 bridgehead atoms. The molecule has 0 radical (unpaired) electrons. The molecular formula is C13H19N3S. The highest BCUT2D eigenvalue weighted by Gasteiger charge is 2.00. The molecule has 0 aliphatic rings. The lowest BCUT2D eigenvalue weighted by Crippen LogP contribution is -1.85. The Bertz CT molecular complexity index is 389. The number of unbranched alkanes of at least 4 members (excludes halogenated alkanes) is 3. The summed E-state index contributed by atoms with van der Waals surface area (Å²) in [6.07, 6.45) is 10.3. The fourth-order valence-electron chi connectivity index (χ4n) is 1.69. The van der Waals surface area contributed by atoms with Crippen LogP contribution in [0.25, 0.3) is 16.5 Å². The van der Waals surface area contributed by atoms with Gasteiger partial charge in [-0.1, -0.05) is 37.4 Å². The molecule has 0 amide bonds. The van der Waals surface area contributed by atoms with Gasteiger partial charge >= 0.3 is 0 Å². The van der Waals surface area contributed by atoms with Crippen molar-refractivity contribution < 1.29 is 0 Å². The van der Waals surface area contributed by atoms with Crippen LogP contribution in [-0.2, 0) is 6.42 Å². The number of hydrogen-bond donors (Lipinski definition) is 0. The summed E-state index contributed by atoms with van der Waals surface area (Å²) >= 11 is 1.75. The third-order valence-corrected chi connectivity index (χ3v) is 3.52. The molecule has 4 heteroatoms. The van der Waals surface area contributed by atoms with E-state index in [1.165, 1.54) is 36.1 Å². The van der Waals surface area contributed by atoms with Gasteiger partial charge in [-0.2, -0.15) is 0 Å². The second-order valence-electron chi connectivity index (χ2n) is 3.94. The number of hydrogen-bond acceptors (Lipinski definition) is 2. The number of aryl methyl sites for hydroxylation is 1. The smallest absolute Gasteiger partial charge is 0.0443 e. The molecule has 0 saturated carbocycles. The van der Waals surface area contributed by atoms with Gasteiger partial charge in [-0.3, -0.25) is 0 Å². The molecule has 1 rings (SSSR count). The summed E-state index contributed by atoms with van der Waals surface area (Å²) in [5.41, 5.74) is 9.59. The highest BCUT2D eigenvalue weighted by atomic mass is 32.1. The predicted octanol–water partition coefficient (Wildman–Crippen LogP) is 5.19. The van der Waals surface area contributed by atoms with Crippen LogP contribution in [-0.4, -0.2) is 6.54 Å². The standard InChI is InChI=1S/C13H19N3S/c1-2-3-4-5-7-12-9-11-17-13(12)8-6-10-15-16-14/h6,8-9,11H,2-5,7,10H2,1H3. The van der Waals surface area contributed by atoms with Crippen molar-refractivity contribution in [2.45, 2.75) is 39.0 Å². The van der Waals surface area contributed by atoms with E-state index in [1.807, 2.05) is 6.08 Å². The molecule has 0 fully saturated rings. The summed E-state index contributed by atoms with van der Waals surface area (Å²) < 4.78 is 0. The first kappa shape index (κ1) is 13.8. The lowest BCUT2D eigenvalue weighted by Gasteiger charge is -2.00. The first-order valence-electron chi connectivity index (χ1n) is 6.12. The van der Waals surface area contributed by atoms with Gasteiger partial charge in [0.2, 0.25) is 0 Å². The van der Waals surface area contributed by atoms with Crippen LogP contribution in [0.2, 0.25) is 0 Å². The van der Waals surface area contributed by atoms with E-state index < -0.39 is 0 Å². The van der Waals surface area contributed by atoms with Gasteiger partial charge in [-0.25, -0.2) is 0 Å². The highest BCUT2D eigenvalue weighted by molar-refractivity contribution is 7.11. The molecule has 0 atom stereocenters. The molecule has 0 spiro atoms. The molecule has 1 heterocycles. The summed E-state index contributed by atoms with van der Waals surface area (Å²) in [6.45, 7) is 2.66. The van der Waals surface area contributed by atoms with E-state index in [2.05, 4.69) is 34.5 Å². The number of rotatable bonds is 8. The van der Waals surface area contributed by atoms with E-state index in [0.29, 0.717) is 6.54 Å². The Balaban J connectivity index is 2.42. The average molecular weight is 249 g/mol. The lowest BCUT2D eigenvalue weighted by atomic mass is 10.1. The minimum Gasteiger partial charge on any atom is -0.144 e. The van der Waals surface area contributed by atoms with Gasteiger partial charge in [0.1, 0.15) is 0 Å². The van der Waals surface area contributed by atoms with Crippen LogP contribution in [0, 0.1) is 0 Å². The average Bonchev–Trinajstić information content (AvgIpc) is 2.78. The molecule has 0 saturated heterocycles. The van der Waals surface area contributed by atoms with Crippen LogP contribution < -0.4 is 0 Å². The van der Waals surface area contributed by atoms with E-state index in [-0.39, 0.29) is 0 Å². The van der Waals surface area contributed by atoms with Gasteiger partial charge in [0.05, 0.1) is 0 Å². The summed E-state index contributed by atoms with van der Waals surface area (Å²) in [5, 5.41) is 5.61. The molecule has 0 aromatic carbocycles. The highest BCUT2D eigenvalue weighted by Crippen LogP contribution is 2.21. The fourth-order valence-corrected chi connectivity index (χ4v) is 2.56. The maximum atomic E-state index is 8.17. The minimum atomic E-state index is 0.434. The first-order chi connectivity index (χ1) is 8.38. The number of thiophene rings is 1. The predicted molar refractivity (Wildman–Crippen MR) is 75.2 cm³/mol. The van der Waals surface area contributed by atoms with Crippen molar-refractivity contribution in [2.24, 2.45) is 5.11 Å². The van der Waals surface area contributed by atoms with Crippen LogP contribution in [0.3, 0.4) is 0 Å². The molecular weight excluding hydrogens is 230 g/mol. The molecule has 0 N–H and O–H groups in total. The Morgan fingerprint density at radius 1 is 1.41 bits per heavy atom. The largest absolute Gasteiger partial charge is 0.144 e. The second-order valence-corrected chi connectivity index (χ2v) is 4.88. The molecule has 0 aliphatic heterocycles. The van der Waals surface area contributed by atoms with Crippen molar-refractivity contribution in [3.05, 3.63) is 38.4 Å². The maximum Gasteiger partial charge on any atom is 0.0443 e. The first-order valence-corrected chi connectivity index (χ1v) is 7.00. The van der Waals surface area contributed by atoms with Crippen molar-refractivity contribution in [2.75, 3.05) is 6.54 Å². The zero-order chi connectivity index (χ0) is 12.3. The van der Waals surface area contributed by atoms with Gasteiger partial charge in [-0.15, -0.1) is 11.3 Å². The van der Waals surface area contributed by atoms with Gasteiger partial charge in [0, 0.05) is 16.3 Å². The van der Waals surface area contributed by atoms with Crippen LogP contribution in [0.15, 0.2) is 22.6 Å². The van der Waals surface area contributed by atoms with Gasteiger partial charge in [-0.05, 0) is 41.5 Å². The van der Waals surface area contributed by atoms with E-state index in [9.17, 15) is 0 Å². The zero-order valence-corrected chi connectivity index (χ0v) is 11.1. The summed E-state index contributed by atoms with van der Waals surface area (Å²) in [6, 6.07) is 2.20. The van der Waals surface area contributed by atoms with E-state index >= 15 is 0 Å². The molecule has 1 aromatic heterocycles. The van der Waals surface area contributed by atoms with Crippen LogP contribution >= 0.6 is 11.3 Å². The fraction of sp³-hybridized carbons (Fsp3) is 0.538. The van der Waals surface area contributed by atoms with Gasteiger partial charge < -0.3 is 0 Å². The van der Waals surface area contributed by atoms with E-state index in [1.54, 1.807) is 11.3 Å². The molecule has 17 heavy (non-hydrogen) atoms. The number of nitrogens with zero attached hydrogens (tertiary/aromatic N) is 3. The van der Waals surface area contributed by atoms with Crippen molar-refractivity contribution in [1.29, 1.82) is 0 Å². The molecule has 3 nitrogen and oxygen atoms in total. The monoisotopic (exact) mass is 249 g/mol. The van der Waals surface area contributed by atoms with E-state index in [0.717, 1.165) is 6.42 Å². The Kier molecular flexibility index (Phi) is 7.19. The van der Waals surface area contributed by atoms with Gasteiger partial charge in [0.25, 0.3) is 0 Å². The third kappa shape index (κ3) is 5.57. The lowest BCUT2D eigenvalue weighted by molar-refractivity contribution is 0.667. The van der Waals surface area contributed by atoms with Crippen molar-refractivity contribution in [3.63, 3.8) is 0 Å². The zero-order valence-electron chi connectivity index (χ0n) is 10.3. The summed E-state index contributed by atoms with van der Waals surface area (Å²) in [5.74, 6) is 0. The Hall–Kier alpha value is -1.25. The molecule has 92 valence electrons. The SMILES string of the molecule is CCCCCCc1ccsc1C=CCN=[N+]=[N-]. The molecule has 0 aliphatic carbocycles. The normalized spacial score (nSPS) is 10.6. The van der Waals surface area contributed by atoms with E-state index in [4.69, 9.17) is 5.53 Å². The van der Waals surface area contributed by atoms with Crippen LogP contribution in [0.1, 0.15) is 43.0 Å². The maximum absolute atomic E-state index is 8.17. The van der Waals surface area contributed by atoms with Crippen molar-refractivity contribution in [3.8, 4) is 0 Å². The van der Waals surface area contributed by atoms with Crippen LogP contribution in [0.4, 0.5) is 0 Å². The Morgan fingerprint density at radius 3 is 3.06 bits per heavy atom. The second kappa shape index (κ2) is 8.85. The Labute approximate surface area is 107 Å². The third-order valence-electron chi connectivity index (χ3n) is 2.60. The van der Waals surface area contributed by atoms with Crippen molar-refractivity contribution in [1.82, 2.24) is 0 Å². The van der Waals surface area contributed by atoms with Crippen LogP contribution in [0.5, 0.6) is 0 Å². The number of azide groups is 1. The minimum absolute atomic E-state index is 0.434. The van der Waals surface area contributed by atoms with Crippen molar-refractivity contribution >= 4 is 17.4 Å². The quantitative estimate of drug-likeness (QED) is 0.263. The summed E-state index contributed by atoms with van der Waals surface area (Å²) in [7, 11) is 0.